The number of thiophene rings is 1. The number of aryl methyl sites for hydroxylation is 1. The minimum absolute atomic E-state index is 0.0929. The van der Waals surface area contributed by atoms with Crippen molar-refractivity contribution in [2.24, 2.45) is 0 Å². The second kappa shape index (κ2) is 8.37. The van der Waals surface area contributed by atoms with Gasteiger partial charge >= 0.3 is 0 Å². The molecule has 0 radical (unpaired) electrons. The van der Waals surface area contributed by atoms with Crippen LogP contribution in [0.2, 0.25) is 0 Å². The molecular weight excluding hydrogens is 504 g/mol. The third kappa shape index (κ3) is 3.86. The van der Waals surface area contributed by atoms with Gasteiger partial charge in [0.15, 0.2) is 0 Å². The van der Waals surface area contributed by atoms with E-state index in [1.807, 2.05) is 24.5 Å². The zero-order valence-electron chi connectivity index (χ0n) is 20.9. The molecule has 1 unspecified atom stereocenters. The topological polar surface area (TPSA) is 82.6 Å². The van der Waals surface area contributed by atoms with Gasteiger partial charge in [-0.25, -0.2) is 13.8 Å². The number of pyridine rings is 3. The largest absolute Gasteiger partial charge is 0.368 e. The van der Waals surface area contributed by atoms with Crippen LogP contribution in [0, 0.1) is 6.92 Å². The van der Waals surface area contributed by atoms with Gasteiger partial charge in [0.1, 0.15) is 22.6 Å². The number of aromatic nitrogens is 5. The molecule has 0 aromatic carbocycles. The van der Waals surface area contributed by atoms with E-state index in [0.717, 1.165) is 55.5 Å². The van der Waals surface area contributed by atoms with Crippen molar-refractivity contribution in [2.75, 3.05) is 18.4 Å². The number of imidazole rings is 1. The number of alkyl halides is 2. The van der Waals surface area contributed by atoms with Gasteiger partial charge in [-0.1, -0.05) is 0 Å². The zero-order chi connectivity index (χ0) is 26.1. The number of likely N-dealkylation sites (tertiary alicyclic amines) is 1. The van der Waals surface area contributed by atoms with E-state index in [1.54, 1.807) is 28.6 Å². The Morgan fingerprint density at radius 1 is 1.11 bits per heavy atom. The summed E-state index contributed by atoms with van der Waals surface area (Å²) < 4.78 is 27.3. The summed E-state index contributed by atoms with van der Waals surface area (Å²) in [5, 5.41) is 3.52. The van der Waals surface area contributed by atoms with Crippen molar-refractivity contribution in [3.8, 4) is 21.8 Å². The molecule has 2 aliphatic heterocycles. The van der Waals surface area contributed by atoms with Crippen LogP contribution in [0.1, 0.15) is 35.2 Å². The minimum atomic E-state index is -2.61. The van der Waals surface area contributed by atoms with Crippen molar-refractivity contribution in [2.45, 2.75) is 38.3 Å². The van der Waals surface area contributed by atoms with Crippen molar-refractivity contribution in [1.82, 2.24) is 29.8 Å². The van der Waals surface area contributed by atoms with Crippen LogP contribution >= 0.6 is 11.3 Å². The fraction of sp³-hybridized carbons (Fsp3) is 0.286. The number of hydrogen-bond acceptors (Lipinski definition) is 7. The zero-order valence-corrected chi connectivity index (χ0v) is 21.7. The van der Waals surface area contributed by atoms with E-state index < -0.39 is 11.5 Å². The molecule has 5 aromatic heterocycles. The molecule has 2 N–H and O–H groups in total. The number of aromatic amines is 1. The standard InChI is InChI=1S/C28H25F2N7S/c1-16-3-4-23(38-16)25-24-20(5-7-32-25)34-26(35-24)27(2)19-10-21(33-13-22(19)36-27)18-9-17(11-31-12-18)14-37-8-6-28(29,30)15-37/h3-5,7,9-13,36H,6,8,14-15H2,1-2H3,(H,34,35). The van der Waals surface area contributed by atoms with E-state index in [1.165, 1.54) is 4.88 Å². The van der Waals surface area contributed by atoms with E-state index in [2.05, 4.69) is 57.3 Å². The molecule has 7 rings (SSSR count). The summed E-state index contributed by atoms with van der Waals surface area (Å²) in [5.74, 6) is -1.80. The normalized spacial score (nSPS) is 20.3. The van der Waals surface area contributed by atoms with Crippen LogP contribution < -0.4 is 5.32 Å². The van der Waals surface area contributed by atoms with Crippen LogP contribution in [0.15, 0.2) is 55.1 Å². The molecular formula is C28H25F2N7S. The quantitative estimate of drug-likeness (QED) is 0.291. The fourth-order valence-corrected chi connectivity index (χ4v) is 6.28. The Morgan fingerprint density at radius 2 is 2.00 bits per heavy atom. The number of halogens is 2. The second-order valence-corrected chi connectivity index (χ2v) is 11.6. The van der Waals surface area contributed by atoms with Gasteiger partial charge < -0.3 is 10.3 Å². The second-order valence-electron chi connectivity index (χ2n) is 10.3. The van der Waals surface area contributed by atoms with Gasteiger partial charge in [0.25, 0.3) is 5.92 Å². The highest BCUT2D eigenvalue weighted by Crippen LogP contribution is 2.46. The molecule has 1 saturated heterocycles. The van der Waals surface area contributed by atoms with Crippen molar-refractivity contribution in [3.05, 3.63) is 76.9 Å². The molecule has 0 aliphatic carbocycles. The molecule has 1 fully saturated rings. The summed E-state index contributed by atoms with van der Waals surface area (Å²) in [5.41, 5.74) is 6.69. The first kappa shape index (κ1) is 23.4. The Labute approximate surface area is 222 Å². The first-order valence-corrected chi connectivity index (χ1v) is 13.3. The van der Waals surface area contributed by atoms with Gasteiger partial charge in [0.05, 0.1) is 34.5 Å². The van der Waals surface area contributed by atoms with E-state index in [0.29, 0.717) is 13.1 Å². The van der Waals surface area contributed by atoms with Gasteiger partial charge in [-0.2, -0.15) is 0 Å². The van der Waals surface area contributed by atoms with Crippen molar-refractivity contribution in [3.63, 3.8) is 0 Å². The van der Waals surface area contributed by atoms with Crippen LogP contribution in [-0.4, -0.2) is 48.8 Å². The number of rotatable bonds is 5. The molecule has 10 heteroatoms. The third-order valence-corrected chi connectivity index (χ3v) is 8.43. The van der Waals surface area contributed by atoms with Crippen LogP contribution in [0.5, 0.6) is 0 Å². The van der Waals surface area contributed by atoms with Crippen LogP contribution in [-0.2, 0) is 12.1 Å². The van der Waals surface area contributed by atoms with E-state index in [4.69, 9.17) is 4.98 Å². The average molecular weight is 530 g/mol. The molecule has 5 aromatic rings. The van der Waals surface area contributed by atoms with Gasteiger partial charge in [-0.3, -0.25) is 19.9 Å². The third-order valence-electron chi connectivity index (χ3n) is 7.42. The lowest BCUT2D eigenvalue weighted by atomic mass is 9.82. The minimum Gasteiger partial charge on any atom is -0.368 e. The summed E-state index contributed by atoms with van der Waals surface area (Å²) in [6.45, 7) is 4.81. The van der Waals surface area contributed by atoms with E-state index in [9.17, 15) is 8.78 Å². The SMILES string of the molecule is Cc1ccc(-c2nccc3[nH]c(C4(C)Nc5cnc(-c6cncc(CN7CCC(F)(F)C7)c6)cc54)nc23)s1. The number of nitrogens with one attached hydrogen (secondary N) is 2. The number of H-pyrrole nitrogens is 1. The summed E-state index contributed by atoms with van der Waals surface area (Å²) >= 11 is 1.70. The number of nitrogens with zero attached hydrogens (tertiary/aromatic N) is 5. The summed E-state index contributed by atoms with van der Waals surface area (Å²) in [6, 6.07) is 10.2. The predicted octanol–water partition coefficient (Wildman–Crippen LogP) is 5.98. The predicted molar refractivity (Wildman–Crippen MR) is 144 cm³/mol. The average Bonchev–Trinajstić information content (AvgIpc) is 3.61. The van der Waals surface area contributed by atoms with E-state index >= 15 is 0 Å². The highest BCUT2D eigenvalue weighted by Gasteiger charge is 2.43. The smallest absolute Gasteiger partial charge is 0.261 e. The molecule has 2 aliphatic rings. The highest BCUT2D eigenvalue weighted by atomic mass is 32.1. The first-order chi connectivity index (χ1) is 18.3. The number of fused-ring (bicyclic) bond motifs is 2. The molecule has 0 bridgehead atoms. The van der Waals surface area contributed by atoms with Crippen molar-refractivity contribution >= 4 is 28.1 Å². The van der Waals surface area contributed by atoms with E-state index in [-0.39, 0.29) is 13.0 Å². The maximum atomic E-state index is 13.6. The van der Waals surface area contributed by atoms with Crippen molar-refractivity contribution in [1.29, 1.82) is 0 Å². The molecule has 192 valence electrons. The summed E-state index contributed by atoms with van der Waals surface area (Å²) in [4.78, 5) is 26.2. The summed E-state index contributed by atoms with van der Waals surface area (Å²) in [7, 11) is 0. The molecule has 0 saturated carbocycles. The van der Waals surface area contributed by atoms with Gasteiger partial charge in [-0.05, 0) is 49.7 Å². The van der Waals surface area contributed by atoms with Gasteiger partial charge in [0.2, 0.25) is 0 Å². The lowest BCUT2D eigenvalue weighted by Gasteiger charge is -2.41. The first-order valence-electron chi connectivity index (χ1n) is 12.5. The number of anilines is 1. The molecule has 1 atom stereocenters. The lowest BCUT2D eigenvalue weighted by Crippen LogP contribution is -2.43. The Bertz CT molecular complexity index is 1690. The maximum Gasteiger partial charge on any atom is 0.261 e. The Morgan fingerprint density at radius 3 is 2.79 bits per heavy atom. The fourth-order valence-electron chi connectivity index (χ4n) is 5.42. The summed E-state index contributed by atoms with van der Waals surface area (Å²) in [6.07, 6.45) is 7.04. The molecule has 0 amide bonds. The van der Waals surface area contributed by atoms with Gasteiger partial charge in [-0.15, -0.1) is 11.3 Å². The molecule has 7 heterocycles. The Hall–Kier alpha value is -3.76. The lowest BCUT2D eigenvalue weighted by molar-refractivity contribution is 0.0115. The molecule has 0 spiro atoms. The Kier molecular flexibility index (Phi) is 5.15. The Balaban J connectivity index is 1.20. The molecule has 38 heavy (non-hydrogen) atoms. The van der Waals surface area contributed by atoms with Crippen LogP contribution in [0.3, 0.4) is 0 Å². The maximum absolute atomic E-state index is 13.6. The van der Waals surface area contributed by atoms with Crippen LogP contribution in [0.4, 0.5) is 14.5 Å². The molecule has 7 nitrogen and oxygen atoms in total. The van der Waals surface area contributed by atoms with Crippen molar-refractivity contribution < 1.29 is 8.78 Å². The monoisotopic (exact) mass is 529 g/mol. The van der Waals surface area contributed by atoms with Crippen LogP contribution in [0.25, 0.3) is 32.9 Å². The highest BCUT2D eigenvalue weighted by molar-refractivity contribution is 7.15. The number of hydrogen-bond donors (Lipinski definition) is 2. The van der Waals surface area contributed by atoms with Gasteiger partial charge in [0, 0.05) is 54.1 Å².